The van der Waals surface area contributed by atoms with Crippen LogP contribution in [-0.2, 0) is 12.5 Å². The van der Waals surface area contributed by atoms with Gasteiger partial charge in [-0.3, -0.25) is 0 Å². The smallest absolute Gasteiger partial charge is 0.131 e. The molecule has 0 radical (unpaired) electrons. The van der Waals surface area contributed by atoms with Crippen molar-refractivity contribution in [1.29, 1.82) is 0 Å². The van der Waals surface area contributed by atoms with E-state index in [4.69, 9.17) is 30.5 Å². The summed E-state index contributed by atoms with van der Waals surface area (Å²) in [5.74, 6) is 2.17. The predicted octanol–water partition coefficient (Wildman–Crippen LogP) is 9.84. The molecule has 0 aliphatic heterocycles. The average molecular weight is 630 g/mol. The first kappa shape index (κ1) is 34.7. The van der Waals surface area contributed by atoms with Gasteiger partial charge in [0.2, 0.25) is 0 Å². The fourth-order valence-electron chi connectivity index (χ4n) is 4.33. The normalized spacial score (nSPS) is 10.5. The van der Waals surface area contributed by atoms with Crippen molar-refractivity contribution in [2.45, 2.75) is 52.0 Å². The summed E-state index contributed by atoms with van der Waals surface area (Å²) in [6.45, 7) is 5.26. The van der Waals surface area contributed by atoms with Crippen molar-refractivity contribution in [2.75, 3.05) is 27.4 Å². The molecule has 0 saturated heterocycles. The molecule has 4 aromatic carbocycles. The molecular weight excluding hydrogens is 586 g/mol. The van der Waals surface area contributed by atoms with Gasteiger partial charge < -0.3 is 24.1 Å². The second-order valence-electron chi connectivity index (χ2n) is 10.0. The third kappa shape index (κ3) is 9.60. The number of alkyl halides is 1. The van der Waals surface area contributed by atoms with E-state index >= 15 is 0 Å². The lowest BCUT2D eigenvalue weighted by Crippen LogP contribution is -2.00. The Hall–Kier alpha value is -3.81. The molecule has 0 aromatic heterocycles. The number of aliphatic hydroxyl groups is 1. The third-order valence-electron chi connectivity index (χ3n) is 6.87. The molecule has 0 fully saturated rings. The molecule has 0 heterocycles. The Morgan fingerprint density at radius 2 is 1.09 bits per heavy atom. The highest BCUT2D eigenvalue weighted by molar-refractivity contribution is 6.17. The Labute approximate surface area is 265 Å². The van der Waals surface area contributed by atoms with Gasteiger partial charge in [-0.25, -0.2) is 8.78 Å². The van der Waals surface area contributed by atoms with E-state index in [1.165, 1.54) is 12.1 Å². The van der Waals surface area contributed by atoms with Crippen LogP contribution >= 0.6 is 11.6 Å². The topological polar surface area (TPSA) is 57.2 Å². The molecular formula is C36H43ClF2O5. The zero-order valence-electron chi connectivity index (χ0n) is 25.8. The van der Waals surface area contributed by atoms with E-state index in [0.29, 0.717) is 64.3 Å². The number of benzene rings is 4. The monoisotopic (exact) mass is 629 g/mol. The van der Waals surface area contributed by atoms with Gasteiger partial charge in [0.15, 0.2) is 0 Å². The van der Waals surface area contributed by atoms with Crippen LogP contribution < -0.4 is 18.9 Å². The first-order valence-corrected chi connectivity index (χ1v) is 15.3. The van der Waals surface area contributed by atoms with Crippen LogP contribution in [0.1, 0.15) is 52.1 Å². The first-order valence-electron chi connectivity index (χ1n) is 14.7. The van der Waals surface area contributed by atoms with Crippen LogP contribution in [0.15, 0.2) is 72.8 Å². The Morgan fingerprint density at radius 3 is 1.50 bits per heavy atom. The van der Waals surface area contributed by atoms with Crippen molar-refractivity contribution in [1.82, 2.24) is 0 Å². The second-order valence-corrected chi connectivity index (χ2v) is 10.3. The van der Waals surface area contributed by atoms with E-state index in [1.54, 1.807) is 56.7 Å². The molecule has 0 saturated carbocycles. The fraction of sp³-hybridized carbons (Fsp3) is 0.333. The number of aliphatic hydroxyl groups excluding tert-OH is 1. The Bertz CT molecular complexity index is 1370. The average Bonchev–Trinajstić information content (AvgIpc) is 3.06. The highest BCUT2D eigenvalue weighted by Crippen LogP contribution is 2.36. The lowest BCUT2D eigenvalue weighted by atomic mass is 10.0. The maximum atomic E-state index is 14.2. The fourth-order valence-corrected chi connectivity index (χ4v) is 4.49. The summed E-state index contributed by atoms with van der Waals surface area (Å²) < 4.78 is 50.4. The zero-order valence-corrected chi connectivity index (χ0v) is 26.6. The molecule has 0 aliphatic rings. The summed E-state index contributed by atoms with van der Waals surface area (Å²) in [6, 6.07) is 20.2. The molecule has 8 heteroatoms. The molecule has 0 spiro atoms. The number of unbranched alkanes of at least 4 members (excludes halogenated alkanes) is 2. The van der Waals surface area contributed by atoms with Crippen LogP contribution in [0, 0.1) is 11.6 Å². The predicted molar refractivity (Wildman–Crippen MR) is 175 cm³/mol. The minimum Gasteiger partial charge on any atom is -0.497 e. The van der Waals surface area contributed by atoms with E-state index in [2.05, 4.69) is 13.8 Å². The zero-order chi connectivity index (χ0) is 31.9. The SMILES string of the molecule is CCCCOc1cc(CCl)ccc1-c1cc(OC)ccc1F.CCCCOc1cc(CO)ccc1-c1cc(OC)ccc1F.[2HH]. The van der Waals surface area contributed by atoms with Crippen LogP contribution in [0.4, 0.5) is 8.78 Å². The van der Waals surface area contributed by atoms with Gasteiger partial charge in [-0.15, -0.1) is 11.6 Å². The highest BCUT2D eigenvalue weighted by Gasteiger charge is 2.15. The molecule has 0 unspecified atom stereocenters. The number of hydrogen-bond donors (Lipinski definition) is 1. The summed E-state index contributed by atoms with van der Waals surface area (Å²) in [6.07, 6.45) is 3.93. The summed E-state index contributed by atoms with van der Waals surface area (Å²) in [5, 5.41) is 9.28. The summed E-state index contributed by atoms with van der Waals surface area (Å²) >= 11 is 5.89. The first-order chi connectivity index (χ1) is 21.4. The minimum atomic E-state index is -0.335. The highest BCUT2D eigenvalue weighted by atomic mass is 35.5. The van der Waals surface area contributed by atoms with Crippen LogP contribution in [0.3, 0.4) is 0 Å². The van der Waals surface area contributed by atoms with E-state index in [9.17, 15) is 13.9 Å². The van der Waals surface area contributed by atoms with Crippen molar-refractivity contribution in [3.05, 3.63) is 95.6 Å². The van der Waals surface area contributed by atoms with E-state index < -0.39 is 0 Å². The van der Waals surface area contributed by atoms with Gasteiger partial charge in [-0.05, 0) is 72.5 Å². The van der Waals surface area contributed by atoms with Crippen molar-refractivity contribution in [3.8, 4) is 45.3 Å². The summed E-state index contributed by atoms with van der Waals surface area (Å²) in [4.78, 5) is 0. The Kier molecular flexibility index (Phi) is 14.3. The maximum absolute atomic E-state index is 14.2. The van der Waals surface area contributed by atoms with Crippen LogP contribution in [0.25, 0.3) is 22.3 Å². The number of hydrogen-bond acceptors (Lipinski definition) is 5. The molecule has 0 bridgehead atoms. The molecule has 4 rings (SSSR count). The third-order valence-corrected chi connectivity index (χ3v) is 7.18. The standard InChI is InChI=1S/C18H20ClFO2.C18H21FO3.H2/c1-3-4-9-22-18-10-13(12-19)5-7-15(18)16-11-14(21-2)6-8-17(16)20;1-3-4-9-22-18-10-13(12-20)5-7-15(18)16-11-14(21-2)6-8-17(16)19;/h5-8,10-11H,3-4,9,12H2,1-2H3;5-8,10-11,20H,3-4,9,12H2,1-2H3;1H/i;;1+1. The van der Waals surface area contributed by atoms with E-state index in [1.807, 2.05) is 18.2 Å². The number of rotatable bonds is 14. The van der Waals surface area contributed by atoms with Crippen LogP contribution in [0.2, 0.25) is 0 Å². The van der Waals surface area contributed by atoms with Gasteiger partial charge in [-0.1, -0.05) is 51.0 Å². The van der Waals surface area contributed by atoms with Crippen molar-refractivity contribution < 1.29 is 34.3 Å². The van der Waals surface area contributed by atoms with Gasteiger partial charge >= 0.3 is 0 Å². The molecule has 0 amide bonds. The van der Waals surface area contributed by atoms with E-state index in [-0.39, 0.29) is 19.7 Å². The molecule has 0 aliphatic carbocycles. The summed E-state index contributed by atoms with van der Waals surface area (Å²) in [5.41, 5.74) is 3.94. The lowest BCUT2D eigenvalue weighted by molar-refractivity contribution is 0.278. The van der Waals surface area contributed by atoms with Crippen LogP contribution in [0.5, 0.6) is 23.0 Å². The van der Waals surface area contributed by atoms with Crippen molar-refractivity contribution in [2.24, 2.45) is 0 Å². The summed E-state index contributed by atoms with van der Waals surface area (Å²) in [7, 11) is 3.11. The van der Waals surface area contributed by atoms with Gasteiger partial charge in [0.05, 0.1) is 34.0 Å². The Balaban J connectivity index is 0.000000307. The largest absolute Gasteiger partial charge is 0.497 e. The second kappa shape index (κ2) is 18.1. The van der Waals surface area contributed by atoms with Gasteiger partial charge in [0, 0.05) is 29.6 Å². The maximum Gasteiger partial charge on any atom is 0.131 e. The Morgan fingerprint density at radius 1 is 0.636 bits per heavy atom. The molecule has 238 valence electrons. The molecule has 0 atom stereocenters. The molecule has 1 N–H and O–H groups in total. The number of halogens is 3. The van der Waals surface area contributed by atoms with Crippen molar-refractivity contribution >= 4 is 11.6 Å². The van der Waals surface area contributed by atoms with Gasteiger partial charge in [0.25, 0.3) is 0 Å². The van der Waals surface area contributed by atoms with Gasteiger partial charge in [0.1, 0.15) is 34.6 Å². The molecule has 5 nitrogen and oxygen atoms in total. The van der Waals surface area contributed by atoms with E-state index in [0.717, 1.165) is 36.8 Å². The lowest BCUT2D eigenvalue weighted by Gasteiger charge is -2.14. The quantitative estimate of drug-likeness (QED) is 0.111. The van der Waals surface area contributed by atoms with Gasteiger partial charge in [-0.2, -0.15) is 0 Å². The minimum absolute atomic E-state index is 0. The number of ether oxygens (including phenoxy) is 4. The number of methoxy groups -OCH3 is 2. The molecule has 4 aromatic rings. The molecule has 44 heavy (non-hydrogen) atoms. The van der Waals surface area contributed by atoms with Crippen LogP contribution in [-0.4, -0.2) is 32.5 Å². The van der Waals surface area contributed by atoms with Crippen molar-refractivity contribution in [3.63, 3.8) is 0 Å².